The van der Waals surface area contributed by atoms with Gasteiger partial charge in [-0.1, -0.05) is 6.07 Å². The van der Waals surface area contributed by atoms with Gasteiger partial charge in [-0.05, 0) is 36.8 Å². The Morgan fingerprint density at radius 3 is 2.59 bits per heavy atom. The lowest BCUT2D eigenvalue weighted by Crippen LogP contribution is -2.46. The van der Waals surface area contributed by atoms with Crippen LogP contribution in [0.25, 0.3) is 10.9 Å². The Labute approximate surface area is 167 Å². The molecule has 0 amide bonds. The van der Waals surface area contributed by atoms with Crippen LogP contribution in [0.4, 0.5) is 18.9 Å². The third-order valence-corrected chi connectivity index (χ3v) is 5.20. The second kappa shape index (κ2) is 8.32. The van der Waals surface area contributed by atoms with Gasteiger partial charge < -0.3 is 14.6 Å². The molecule has 8 heteroatoms. The van der Waals surface area contributed by atoms with Crippen LogP contribution in [0.5, 0.6) is 5.75 Å². The molecule has 3 heterocycles. The van der Waals surface area contributed by atoms with E-state index in [-0.39, 0.29) is 0 Å². The average Bonchev–Trinajstić information content (AvgIpc) is 3.20. The first kappa shape index (κ1) is 19.6. The number of piperazine rings is 1. The van der Waals surface area contributed by atoms with E-state index in [9.17, 15) is 13.2 Å². The van der Waals surface area contributed by atoms with E-state index in [1.807, 2.05) is 6.20 Å². The number of pyridine rings is 1. The third-order valence-electron chi connectivity index (χ3n) is 5.20. The quantitative estimate of drug-likeness (QED) is 0.627. The lowest BCUT2D eigenvalue weighted by molar-refractivity contribution is -0.141. The van der Waals surface area contributed by atoms with E-state index in [0.29, 0.717) is 12.4 Å². The number of anilines is 1. The highest BCUT2D eigenvalue weighted by atomic mass is 19.4. The van der Waals surface area contributed by atoms with E-state index in [4.69, 9.17) is 4.74 Å². The van der Waals surface area contributed by atoms with Crippen molar-refractivity contribution in [2.45, 2.75) is 12.6 Å². The van der Waals surface area contributed by atoms with E-state index in [0.717, 1.165) is 56.9 Å². The SMILES string of the molecule is FC(F)(F)c1ccc(OCCCN2CCN(c3cccc4[nH]ccc34)CC2)cn1. The number of ether oxygens (including phenoxy) is 1. The van der Waals surface area contributed by atoms with Gasteiger partial charge in [-0.25, -0.2) is 4.98 Å². The molecule has 1 saturated heterocycles. The Hall–Kier alpha value is -2.74. The number of hydrogen-bond donors (Lipinski definition) is 1. The summed E-state index contributed by atoms with van der Waals surface area (Å²) in [6.07, 6.45) is -0.512. The highest BCUT2D eigenvalue weighted by Gasteiger charge is 2.32. The summed E-state index contributed by atoms with van der Waals surface area (Å²) in [5, 5.41) is 1.25. The summed E-state index contributed by atoms with van der Waals surface area (Å²) in [5.41, 5.74) is 1.51. The zero-order chi connectivity index (χ0) is 20.3. The van der Waals surface area contributed by atoms with E-state index < -0.39 is 11.9 Å². The van der Waals surface area contributed by atoms with Crippen LogP contribution in [0.1, 0.15) is 12.1 Å². The maximum absolute atomic E-state index is 12.5. The molecular weight excluding hydrogens is 381 g/mol. The lowest BCUT2D eigenvalue weighted by Gasteiger charge is -2.36. The molecule has 1 aliphatic heterocycles. The minimum absolute atomic E-state index is 0.363. The number of hydrogen-bond acceptors (Lipinski definition) is 4. The van der Waals surface area contributed by atoms with Crippen LogP contribution in [0.3, 0.4) is 0 Å². The molecule has 0 atom stereocenters. The first-order valence-electron chi connectivity index (χ1n) is 9.70. The van der Waals surface area contributed by atoms with E-state index in [1.54, 1.807) is 0 Å². The number of nitrogens with one attached hydrogen (secondary N) is 1. The molecule has 1 aliphatic rings. The van der Waals surface area contributed by atoms with Gasteiger partial charge in [-0.2, -0.15) is 13.2 Å². The number of aromatic amines is 1. The Morgan fingerprint density at radius 1 is 1.03 bits per heavy atom. The van der Waals surface area contributed by atoms with Crippen molar-refractivity contribution in [2.75, 3.05) is 44.2 Å². The largest absolute Gasteiger partial charge is 0.492 e. The molecule has 154 valence electrons. The highest BCUT2D eigenvalue weighted by Crippen LogP contribution is 2.28. The van der Waals surface area contributed by atoms with Crippen LogP contribution >= 0.6 is 0 Å². The van der Waals surface area contributed by atoms with Crippen LogP contribution in [0, 0.1) is 0 Å². The van der Waals surface area contributed by atoms with Gasteiger partial charge in [0.15, 0.2) is 0 Å². The topological polar surface area (TPSA) is 44.4 Å². The van der Waals surface area contributed by atoms with Gasteiger partial charge in [-0.15, -0.1) is 0 Å². The Bertz CT molecular complexity index is 931. The van der Waals surface area contributed by atoms with Gasteiger partial charge in [0.2, 0.25) is 0 Å². The highest BCUT2D eigenvalue weighted by molar-refractivity contribution is 5.92. The van der Waals surface area contributed by atoms with Gasteiger partial charge in [0.25, 0.3) is 0 Å². The average molecular weight is 404 g/mol. The standard InChI is InChI=1S/C21H23F3N4O/c22-21(23,24)20-6-5-16(15-26-20)29-14-2-9-27-10-12-28(13-11-27)19-4-1-3-18-17(19)7-8-25-18/h1,3-8,15,25H,2,9-14H2. The molecule has 29 heavy (non-hydrogen) atoms. The molecule has 3 aromatic rings. The summed E-state index contributed by atoms with van der Waals surface area (Å²) in [6, 6.07) is 10.7. The second-order valence-electron chi connectivity index (χ2n) is 7.12. The molecule has 0 saturated carbocycles. The van der Waals surface area contributed by atoms with Gasteiger partial charge in [0, 0.05) is 55.5 Å². The number of alkyl halides is 3. The minimum atomic E-state index is -4.42. The van der Waals surface area contributed by atoms with Crippen LogP contribution in [0.2, 0.25) is 0 Å². The summed E-state index contributed by atoms with van der Waals surface area (Å²) >= 11 is 0. The first-order valence-corrected chi connectivity index (χ1v) is 9.70. The van der Waals surface area contributed by atoms with Crippen LogP contribution in [-0.2, 0) is 6.18 Å². The van der Waals surface area contributed by atoms with Gasteiger partial charge in [0.05, 0.1) is 12.8 Å². The lowest BCUT2D eigenvalue weighted by atomic mass is 10.1. The molecule has 0 bridgehead atoms. The van der Waals surface area contributed by atoms with Crippen LogP contribution in [-0.4, -0.2) is 54.2 Å². The zero-order valence-electron chi connectivity index (χ0n) is 16.0. The Morgan fingerprint density at radius 2 is 1.86 bits per heavy atom. The summed E-state index contributed by atoms with van der Waals surface area (Å²) in [5.74, 6) is 0.363. The molecule has 1 fully saturated rings. The number of fused-ring (bicyclic) bond motifs is 1. The van der Waals surface area contributed by atoms with E-state index in [1.165, 1.54) is 17.1 Å². The normalized spacial score (nSPS) is 15.8. The fourth-order valence-electron chi connectivity index (χ4n) is 3.67. The molecule has 0 radical (unpaired) electrons. The number of H-pyrrole nitrogens is 1. The van der Waals surface area contributed by atoms with Gasteiger partial charge >= 0.3 is 6.18 Å². The maximum Gasteiger partial charge on any atom is 0.433 e. The molecule has 0 unspecified atom stereocenters. The number of benzene rings is 1. The van der Waals surface area contributed by atoms with Crippen molar-refractivity contribution in [3.8, 4) is 5.75 Å². The molecule has 1 N–H and O–H groups in total. The Balaban J connectivity index is 1.20. The molecule has 1 aromatic carbocycles. The first-order chi connectivity index (χ1) is 14.0. The van der Waals surface area contributed by atoms with Crippen molar-refractivity contribution >= 4 is 16.6 Å². The van der Waals surface area contributed by atoms with E-state index >= 15 is 0 Å². The van der Waals surface area contributed by atoms with Crippen molar-refractivity contribution in [3.05, 3.63) is 54.5 Å². The zero-order valence-corrected chi connectivity index (χ0v) is 16.0. The van der Waals surface area contributed by atoms with Crippen molar-refractivity contribution in [3.63, 3.8) is 0 Å². The van der Waals surface area contributed by atoms with Crippen LogP contribution in [0.15, 0.2) is 48.8 Å². The molecular formula is C21H23F3N4O. The monoisotopic (exact) mass is 404 g/mol. The second-order valence-corrected chi connectivity index (χ2v) is 7.12. The number of rotatable bonds is 6. The molecule has 5 nitrogen and oxygen atoms in total. The van der Waals surface area contributed by atoms with Crippen molar-refractivity contribution < 1.29 is 17.9 Å². The fourth-order valence-corrected chi connectivity index (χ4v) is 3.67. The van der Waals surface area contributed by atoms with Gasteiger partial charge in [-0.3, -0.25) is 4.90 Å². The summed E-state index contributed by atoms with van der Waals surface area (Å²) in [6.45, 7) is 5.24. The van der Waals surface area contributed by atoms with Crippen molar-refractivity contribution in [1.29, 1.82) is 0 Å². The number of nitrogens with zero attached hydrogens (tertiary/aromatic N) is 3. The van der Waals surface area contributed by atoms with Gasteiger partial charge in [0.1, 0.15) is 11.4 Å². The predicted molar refractivity (Wildman–Crippen MR) is 106 cm³/mol. The molecule has 2 aromatic heterocycles. The minimum Gasteiger partial charge on any atom is -0.492 e. The predicted octanol–water partition coefficient (Wildman–Crippen LogP) is 4.17. The molecule has 0 aliphatic carbocycles. The smallest absolute Gasteiger partial charge is 0.433 e. The Kier molecular flexibility index (Phi) is 5.62. The molecule has 4 rings (SSSR count). The van der Waals surface area contributed by atoms with Crippen molar-refractivity contribution in [2.24, 2.45) is 0 Å². The van der Waals surface area contributed by atoms with E-state index in [2.05, 4.69) is 44.0 Å². The maximum atomic E-state index is 12.5. The molecule has 0 spiro atoms. The summed E-state index contributed by atoms with van der Waals surface area (Å²) in [7, 11) is 0. The number of aromatic nitrogens is 2. The summed E-state index contributed by atoms with van der Waals surface area (Å²) in [4.78, 5) is 11.5. The van der Waals surface area contributed by atoms with Crippen molar-refractivity contribution in [1.82, 2.24) is 14.9 Å². The third kappa shape index (κ3) is 4.64. The summed E-state index contributed by atoms with van der Waals surface area (Å²) < 4.78 is 43.1. The number of halogens is 3. The van der Waals surface area contributed by atoms with Crippen LogP contribution < -0.4 is 9.64 Å². The fraction of sp³-hybridized carbons (Fsp3) is 0.381.